The summed E-state index contributed by atoms with van der Waals surface area (Å²) in [4.78, 5) is 29.5. The molecule has 0 bridgehead atoms. The number of unbranched alkanes of at least 4 members (excludes halogenated alkanes) is 2. The fourth-order valence-corrected chi connectivity index (χ4v) is 4.18. The summed E-state index contributed by atoms with van der Waals surface area (Å²) in [7, 11) is 0. The summed E-state index contributed by atoms with van der Waals surface area (Å²) in [6.07, 6.45) is 6.21. The molecular weight excluding hydrogens is 381 g/mol. The summed E-state index contributed by atoms with van der Waals surface area (Å²) in [5, 5.41) is 0. The average molecular weight is 414 g/mol. The Morgan fingerprint density at radius 2 is 1.93 bits per heavy atom. The van der Waals surface area contributed by atoms with Crippen LogP contribution in [-0.2, 0) is 16.1 Å². The molecule has 1 unspecified atom stereocenters. The van der Waals surface area contributed by atoms with Crippen LogP contribution in [0.5, 0.6) is 0 Å². The molecule has 0 saturated carbocycles. The lowest BCUT2D eigenvalue weighted by atomic mass is 9.99. The van der Waals surface area contributed by atoms with Crippen LogP contribution < -0.4 is 0 Å². The first-order valence-electron chi connectivity index (χ1n) is 11.0. The zero-order chi connectivity index (χ0) is 21.5. The third-order valence-corrected chi connectivity index (χ3v) is 5.69. The van der Waals surface area contributed by atoms with Gasteiger partial charge in [0, 0.05) is 37.9 Å². The van der Waals surface area contributed by atoms with Crippen molar-refractivity contribution in [2.75, 3.05) is 19.6 Å². The van der Waals surface area contributed by atoms with Gasteiger partial charge in [-0.3, -0.25) is 9.59 Å². The Hall–Kier alpha value is -2.63. The molecule has 2 heterocycles. The third-order valence-electron chi connectivity index (χ3n) is 5.69. The van der Waals surface area contributed by atoms with E-state index in [0.717, 1.165) is 36.9 Å². The molecule has 3 rings (SSSR count). The minimum Gasteiger partial charge on any atom is -0.348 e. The predicted molar refractivity (Wildman–Crippen MR) is 115 cm³/mol. The molecule has 0 saturated heterocycles. The van der Waals surface area contributed by atoms with Crippen molar-refractivity contribution >= 4 is 11.8 Å². The van der Waals surface area contributed by atoms with E-state index in [0.29, 0.717) is 26.1 Å². The summed E-state index contributed by atoms with van der Waals surface area (Å²) in [6, 6.07) is 10.0. The van der Waals surface area contributed by atoms with Crippen molar-refractivity contribution in [3.8, 4) is 0 Å². The summed E-state index contributed by atoms with van der Waals surface area (Å²) in [5.74, 6) is -0.363. The maximum Gasteiger partial charge on any atom is 0.243 e. The van der Waals surface area contributed by atoms with Gasteiger partial charge in [-0.25, -0.2) is 4.39 Å². The molecular formula is C24H32FN3O2. The molecule has 1 aromatic heterocycles. The van der Waals surface area contributed by atoms with Crippen molar-refractivity contribution in [1.82, 2.24) is 14.4 Å². The molecule has 6 heteroatoms. The molecule has 0 spiro atoms. The number of amides is 2. The molecule has 5 nitrogen and oxygen atoms in total. The lowest BCUT2D eigenvalue weighted by Crippen LogP contribution is -2.48. The quantitative estimate of drug-likeness (QED) is 0.573. The summed E-state index contributed by atoms with van der Waals surface area (Å²) < 4.78 is 16.1. The van der Waals surface area contributed by atoms with Crippen molar-refractivity contribution in [3.63, 3.8) is 0 Å². The van der Waals surface area contributed by atoms with Crippen LogP contribution in [0, 0.1) is 5.82 Å². The fraction of sp³-hybridized carbons (Fsp3) is 0.500. The number of halogens is 1. The highest BCUT2D eigenvalue weighted by Gasteiger charge is 2.33. The van der Waals surface area contributed by atoms with Crippen LogP contribution in [0.1, 0.15) is 63.3 Å². The number of rotatable bonds is 9. The standard InChI is InChI=1S/C24H32FN3O2/c1-3-5-6-12-22(29)27(13-4-2)18-23(30)28-16-15-26-14-8-11-21(26)24(28)19-9-7-10-20(25)17-19/h7-11,14,17,24H,3-6,12-13,15-16,18H2,1-2H3. The molecule has 1 aromatic carbocycles. The Morgan fingerprint density at radius 3 is 2.67 bits per heavy atom. The van der Waals surface area contributed by atoms with Crippen LogP contribution >= 0.6 is 0 Å². The Balaban J connectivity index is 1.81. The Morgan fingerprint density at radius 1 is 1.10 bits per heavy atom. The second-order valence-corrected chi connectivity index (χ2v) is 7.94. The first-order valence-corrected chi connectivity index (χ1v) is 11.0. The highest BCUT2D eigenvalue weighted by Crippen LogP contribution is 2.32. The van der Waals surface area contributed by atoms with Crippen LogP contribution in [-0.4, -0.2) is 45.8 Å². The van der Waals surface area contributed by atoms with E-state index in [1.165, 1.54) is 12.1 Å². The first kappa shape index (κ1) is 22.1. The molecule has 162 valence electrons. The first-order chi connectivity index (χ1) is 14.5. The number of benzene rings is 1. The van der Waals surface area contributed by atoms with Gasteiger partial charge < -0.3 is 14.4 Å². The Labute approximate surface area is 178 Å². The van der Waals surface area contributed by atoms with Gasteiger partial charge in [0.25, 0.3) is 0 Å². The molecule has 1 atom stereocenters. The van der Waals surface area contributed by atoms with Crippen molar-refractivity contribution in [2.45, 2.75) is 58.5 Å². The van der Waals surface area contributed by atoms with Crippen LogP contribution in [0.3, 0.4) is 0 Å². The van der Waals surface area contributed by atoms with Gasteiger partial charge in [-0.15, -0.1) is 0 Å². The maximum absolute atomic E-state index is 14.0. The molecule has 1 aliphatic rings. The van der Waals surface area contributed by atoms with Crippen molar-refractivity contribution in [1.29, 1.82) is 0 Å². The number of hydrogen-bond donors (Lipinski definition) is 0. The van der Waals surface area contributed by atoms with Gasteiger partial charge in [0.05, 0.1) is 12.6 Å². The van der Waals surface area contributed by atoms with E-state index in [9.17, 15) is 14.0 Å². The monoisotopic (exact) mass is 413 g/mol. The lowest BCUT2D eigenvalue weighted by Gasteiger charge is -2.38. The Kier molecular flexibility index (Phi) is 7.66. The molecule has 0 fully saturated rings. The van der Waals surface area contributed by atoms with Gasteiger partial charge in [-0.2, -0.15) is 0 Å². The number of hydrogen-bond acceptors (Lipinski definition) is 2. The summed E-state index contributed by atoms with van der Waals surface area (Å²) in [6.45, 7) is 6.00. The summed E-state index contributed by atoms with van der Waals surface area (Å²) >= 11 is 0. The van der Waals surface area contributed by atoms with Gasteiger partial charge >= 0.3 is 0 Å². The van der Waals surface area contributed by atoms with E-state index in [4.69, 9.17) is 0 Å². The molecule has 2 aromatic rings. The van der Waals surface area contributed by atoms with Crippen molar-refractivity contribution < 1.29 is 14.0 Å². The van der Waals surface area contributed by atoms with Crippen LogP contribution in [0.25, 0.3) is 0 Å². The maximum atomic E-state index is 14.0. The number of aromatic nitrogens is 1. The third kappa shape index (κ3) is 5.10. The average Bonchev–Trinajstić information content (AvgIpc) is 3.21. The fourth-order valence-electron chi connectivity index (χ4n) is 4.18. The predicted octanol–water partition coefficient (Wildman–Crippen LogP) is 4.38. The molecule has 0 N–H and O–H groups in total. The minimum absolute atomic E-state index is 0.0429. The van der Waals surface area contributed by atoms with Crippen molar-refractivity contribution in [2.24, 2.45) is 0 Å². The highest BCUT2D eigenvalue weighted by atomic mass is 19.1. The van der Waals surface area contributed by atoms with Crippen LogP contribution in [0.4, 0.5) is 4.39 Å². The van der Waals surface area contributed by atoms with Gasteiger partial charge in [0.2, 0.25) is 11.8 Å². The molecule has 0 aliphatic carbocycles. The number of carbonyl (C=O) groups is 2. The largest absolute Gasteiger partial charge is 0.348 e. The second kappa shape index (κ2) is 10.4. The molecule has 2 amide bonds. The zero-order valence-corrected chi connectivity index (χ0v) is 18.0. The highest BCUT2D eigenvalue weighted by molar-refractivity contribution is 5.85. The van der Waals surface area contributed by atoms with Crippen LogP contribution in [0.2, 0.25) is 0 Å². The minimum atomic E-state index is -0.351. The number of nitrogens with zero attached hydrogens (tertiary/aromatic N) is 3. The lowest BCUT2D eigenvalue weighted by molar-refractivity contribution is -0.142. The number of fused-ring (bicyclic) bond motifs is 1. The molecule has 1 aliphatic heterocycles. The van der Waals surface area contributed by atoms with Crippen molar-refractivity contribution in [3.05, 3.63) is 59.7 Å². The van der Waals surface area contributed by atoms with Gasteiger partial charge in [0.15, 0.2) is 0 Å². The normalized spacial score (nSPS) is 15.7. The van der Waals surface area contributed by atoms with E-state index in [-0.39, 0.29) is 30.2 Å². The smallest absolute Gasteiger partial charge is 0.243 e. The van der Waals surface area contributed by atoms with E-state index in [1.807, 2.05) is 31.3 Å². The van der Waals surface area contributed by atoms with E-state index in [2.05, 4.69) is 11.5 Å². The van der Waals surface area contributed by atoms with Gasteiger partial charge in [-0.05, 0) is 42.7 Å². The molecule has 30 heavy (non-hydrogen) atoms. The molecule has 0 radical (unpaired) electrons. The Bertz CT molecular complexity index is 864. The van der Waals surface area contributed by atoms with E-state index < -0.39 is 0 Å². The van der Waals surface area contributed by atoms with Gasteiger partial charge in [0.1, 0.15) is 5.82 Å². The number of carbonyl (C=O) groups excluding carboxylic acids is 2. The van der Waals surface area contributed by atoms with E-state index in [1.54, 1.807) is 15.9 Å². The van der Waals surface area contributed by atoms with Gasteiger partial charge in [-0.1, -0.05) is 38.8 Å². The zero-order valence-electron chi connectivity index (χ0n) is 18.0. The van der Waals surface area contributed by atoms with E-state index >= 15 is 0 Å². The second-order valence-electron chi connectivity index (χ2n) is 7.94. The SMILES string of the molecule is CCCCCC(=O)N(CCC)CC(=O)N1CCn2cccc2C1c1cccc(F)c1. The summed E-state index contributed by atoms with van der Waals surface area (Å²) in [5.41, 5.74) is 1.72. The topological polar surface area (TPSA) is 45.6 Å². The van der Waals surface area contributed by atoms with Crippen LogP contribution in [0.15, 0.2) is 42.6 Å².